The molecule has 3 saturated heterocycles. The van der Waals surface area contributed by atoms with Crippen molar-refractivity contribution in [1.82, 2.24) is 24.9 Å². The molecule has 4 amide bonds. The van der Waals surface area contributed by atoms with Crippen LogP contribution in [0.2, 0.25) is 0 Å². The molecule has 0 spiro atoms. The topological polar surface area (TPSA) is 114 Å². The summed E-state index contributed by atoms with van der Waals surface area (Å²) in [6.45, 7) is 7.64. The monoisotopic (exact) mass is 699 g/mol. The number of carbonyl (C=O) groups is 4. The second-order valence-electron chi connectivity index (χ2n) is 15.9. The number of nitrogens with zero attached hydrogens (tertiary/aromatic N) is 4. The van der Waals surface area contributed by atoms with E-state index >= 15 is 0 Å². The highest BCUT2D eigenvalue weighted by Gasteiger charge is 2.44. The normalized spacial score (nSPS) is 24.7. The number of likely N-dealkylation sites (tertiary alicyclic amines) is 1. The van der Waals surface area contributed by atoms with Gasteiger partial charge < -0.3 is 25.1 Å². The van der Waals surface area contributed by atoms with E-state index in [1.165, 1.54) is 25.7 Å². The van der Waals surface area contributed by atoms with Crippen molar-refractivity contribution in [3.8, 4) is 5.75 Å². The summed E-state index contributed by atoms with van der Waals surface area (Å²) >= 11 is 0. The second-order valence-corrected chi connectivity index (χ2v) is 15.9. The minimum absolute atomic E-state index is 0.0410. The molecule has 276 valence electrons. The smallest absolute Gasteiger partial charge is 0.312 e. The van der Waals surface area contributed by atoms with Crippen LogP contribution in [-0.2, 0) is 32.0 Å². The van der Waals surface area contributed by atoms with Crippen LogP contribution in [0.4, 0.5) is 0 Å². The van der Waals surface area contributed by atoms with Crippen molar-refractivity contribution in [2.24, 2.45) is 11.8 Å². The maximum Gasteiger partial charge on any atom is 0.312 e. The molecule has 4 atom stereocenters. The predicted octanol–water partition coefficient (Wildman–Crippen LogP) is 4.39. The van der Waals surface area contributed by atoms with Crippen molar-refractivity contribution in [3.05, 3.63) is 65.7 Å². The van der Waals surface area contributed by atoms with Crippen LogP contribution in [0.15, 0.2) is 54.6 Å². The molecule has 0 radical (unpaired) electrons. The minimum atomic E-state index is -0.542. The van der Waals surface area contributed by atoms with Gasteiger partial charge in [0.05, 0.1) is 6.04 Å². The van der Waals surface area contributed by atoms with Crippen molar-refractivity contribution in [2.75, 3.05) is 39.3 Å². The van der Waals surface area contributed by atoms with Gasteiger partial charge in [0.2, 0.25) is 0 Å². The van der Waals surface area contributed by atoms with Gasteiger partial charge in [-0.25, -0.2) is 0 Å². The van der Waals surface area contributed by atoms with Crippen LogP contribution in [0.3, 0.4) is 0 Å². The number of nitrogens with one attached hydrogen (secondary N) is 1. The third-order valence-electron chi connectivity index (χ3n) is 11.6. The summed E-state index contributed by atoms with van der Waals surface area (Å²) in [7, 11) is 0. The van der Waals surface area contributed by atoms with E-state index in [1.54, 1.807) is 17.0 Å². The number of hydrogen-bond acceptors (Lipinski definition) is 6. The summed E-state index contributed by atoms with van der Waals surface area (Å²) < 4.78 is 0. The Kier molecular flexibility index (Phi) is 12.3. The first-order valence-electron chi connectivity index (χ1n) is 19.4. The Morgan fingerprint density at radius 1 is 0.745 bits per heavy atom. The summed E-state index contributed by atoms with van der Waals surface area (Å²) in [6.07, 6.45) is 10.9. The zero-order valence-corrected chi connectivity index (χ0v) is 30.6. The molecule has 2 aromatic carbocycles. The summed E-state index contributed by atoms with van der Waals surface area (Å²) in [5.41, 5.74) is 2.13. The average molecular weight is 700 g/mol. The number of phenols is 1. The Hall–Kier alpha value is -3.92. The highest BCUT2D eigenvalue weighted by Crippen LogP contribution is 2.30. The predicted molar refractivity (Wildman–Crippen MR) is 197 cm³/mol. The van der Waals surface area contributed by atoms with Gasteiger partial charge in [-0.2, -0.15) is 0 Å². The molecule has 0 bridgehead atoms. The fourth-order valence-electron chi connectivity index (χ4n) is 8.95. The standard InChI is InChI=1S/C41H57N5O5/c1-29(2)21-34-24-42-38(48)39(49)45(34)27-33-15-10-20-43(33)26-35(23-31-16-18-37(47)19-17-31)46-28-36(22-30-11-8-5-9-12-30)44(40(50)41(46)51)25-32-13-6-3-4-7-14-32/h5,8-9,11-12,16-19,29,32-36,47H,3-4,6-7,10,13-15,20-28H2,1-2H3,(H,42,48)/t33-,34-,35-,36-/m0/s1. The first-order chi connectivity index (χ1) is 24.7. The maximum absolute atomic E-state index is 14.3. The van der Waals surface area contributed by atoms with E-state index in [2.05, 4.69) is 36.2 Å². The lowest BCUT2D eigenvalue weighted by molar-refractivity contribution is -0.162. The van der Waals surface area contributed by atoms with E-state index < -0.39 is 23.6 Å². The molecule has 4 fully saturated rings. The number of aromatic hydroxyl groups is 1. The van der Waals surface area contributed by atoms with Crippen molar-refractivity contribution >= 4 is 23.6 Å². The SMILES string of the molecule is CC(C)C[C@H]1CNC(=O)C(=O)N1C[C@@H]1CCCN1C[C@H](Cc1ccc(O)cc1)N1C[C@H](Cc2ccccc2)N(CC2CCCCCC2)C(=O)C1=O. The molecule has 0 aromatic heterocycles. The van der Waals surface area contributed by atoms with Crippen LogP contribution in [0.1, 0.15) is 82.8 Å². The van der Waals surface area contributed by atoms with Crippen LogP contribution < -0.4 is 5.32 Å². The third-order valence-corrected chi connectivity index (χ3v) is 11.6. The van der Waals surface area contributed by atoms with Gasteiger partial charge in [0, 0.05) is 50.8 Å². The lowest BCUT2D eigenvalue weighted by atomic mass is 9.94. The molecular weight excluding hydrogens is 642 g/mol. The van der Waals surface area contributed by atoms with E-state index in [-0.39, 0.29) is 29.9 Å². The Labute approximate surface area is 303 Å². The van der Waals surface area contributed by atoms with E-state index in [0.717, 1.165) is 49.8 Å². The summed E-state index contributed by atoms with van der Waals surface area (Å²) in [6, 6.07) is 16.9. The average Bonchev–Trinajstić information content (AvgIpc) is 3.38. The van der Waals surface area contributed by atoms with Crippen molar-refractivity contribution < 1.29 is 24.3 Å². The zero-order valence-electron chi connectivity index (χ0n) is 30.6. The zero-order chi connectivity index (χ0) is 35.9. The van der Waals surface area contributed by atoms with Gasteiger partial charge in [-0.1, -0.05) is 82.0 Å². The molecule has 3 aliphatic heterocycles. The minimum Gasteiger partial charge on any atom is -0.508 e. The Morgan fingerprint density at radius 2 is 1.45 bits per heavy atom. The van der Waals surface area contributed by atoms with Gasteiger partial charge in [-0.15, -0.1) is 0 Å². The van der Waals surface area contributed by atoms with Crippen LogP contribution in [0, 0.1) is 11.8 Å². The molecule has 6 rings (SSSR count). The number of phenolic OH excluding ortho intramolecular Hbond substituents is 1. The number of hydrogen-bond donors (Lipinski definition) is 2. The van der Waals surface area contributed by atoms with Crippen molar-refractivity contribution in [1.29, 1.82) is 0 Å². The second kappa shape index (κ2) is 17.1. The fraction of sp³-hybridized carbons (Fsp3) is 0.610. The Balaban J connectivity index is 1.26. The summed E-state index contributed by atoms with van der Waals surface area (Å²) in [4.78, 5) is 62.1. The van der Waals surface area contributed by atoms with Crippen molar-refractivity contribution in [2.45, 2.75) is 109 Å². The van der Waals surface area contributed by atoms with Crippen molar-refractivity contribution in [3.63, 3.8) is 0 Å². The van der Waals surface area contributed by atoms with E-state index in [1.807, 2.05) is 40.1 Å². The molecule has 10 heteroatoms. The van der Waals surface area contributed by atoms with Gasteiger partial charge in [-0.3, -0.25) is 24.1 Å². The third kappa shape index (κ3) is 9.31. The fourth-order valence-corrected chi connectivity index (χ4v) is 8.95. The number of carbonyl (C=O) groups excluding carboxylic acids is 4. The number of amides is 4. The molecule has 3 heterocycles. The van der Waals surface area contributed by atoms with Gasteiger partial charge in [0.25, 0.3) is 0 Å². The number of piperazine rings is 2. The molecule has 51 heavy (non-hydrogen) atoms. The molecule has 1 aliphatic carbocycles. The van der Waals surface area contributed by atoms with Gasteiger partial charge in [0.1, 0.15) is 5.75 Å². The van der Waals surface area contributed by atoms with E-state index in [4.69, 9.17) is 0 Å². The highest BCUT2D eigenvalue weighted by molar-refractivity contribution is 6.36. The Morgan fingerprint density at radius 3 is 2.16 bits per heavy atom. The lowest BCUT2D eigenvalue weighted by Gasteiger charge is -2.46. The van der Waals surface area contributed by atoms with Gasteiger partial charge >= 0.3 is 23.6 Å². The maximum atomic E-state index is 14.3. The molecule has 2 N–H and O–H groups in total. The Bertz CT molecular complexity index is 1490. The summed E-state index contributed by atoms with van der Waals surface area (Å²) in [5.74, 6) is -0.875. The van der Waals surface area contributed by atoms with E-state index in [9.17, 15) is 24.3 Å². The van der Waals surface area contributed by atoms with E-state index in [0.29, 0.717) is 57.4 Å². The molecule has 0 unspecified atom stereocenters. The molecular formula is C41H57N5O5. The molecule has 2 aromatic rings. The van der Waals surface area contributed by atoms with Crippen LogP contribution in [-0.4, -0.2) is 112 Å². The highest BCUT2D eigenvalue weighted by atomic mass is 16.3. The number of benzene rings is 2. The summed E-state index contributed by atoms with van der Waals surface area (Å²) in [5, 5.41) is 12.8. The molecule has 4 aliphatic rings. The van der Waals surface area contributed by atoms with Crippen LogP contribution >= 0.6 is 0 Å². The quantitative estimate of drug-likeness (QED) is 0.237. The first kappa shape index (κ1) is 36.9. The largest absolute Gasteiger partial charge is 0.508 e. The molecule has 10 nitrogen and oxygen atoms in total. The molecule has 1 saturated carbocycles. The van der Waals surface area contributed by atoms with Gasteiger partial charge in [0.15, 0.2) is 0 Å². The van der Waals surface area contributed by atoms with Gasteiger partial charge in [-0.05, 0) is 86.6 Å². The van der Waals surface area contributed by atoms with Crippen LogP contribution in [0.25, 0.3) is 0 Å². The lowest BCUT2D eigenvalue weighted by Crippen LogP contribution is -2.65. The van der Waals surface area contributed by atoms with Crippen LogP contribution in [0.5, 0.6) is 5.75 Å². The first-order valence-corrected chi connectivity index (χ1v) is 19.4. The number of rotatable bonds is 13.